The van der Waals surface area contributed by atoms with Crippen LogP contribution >= 0.6 is 15.9 Å². The standard InChI is InChI=1S/C11H13BrN2O/c1-8-3-2-6-14(8)11(15)10-5-4-9(12)7-13-10/h4-5,7-8H,2-3,6H2,1H3. The van der Waals surface area contributed by atoms with Gasteiger partial charge in [0.05, 0.1) is 0 Å². The van der Waals surface area contributed by atoms with Gasteiger partial charge in [-0.3, -0.25) is 4.79 Å². The minimum atomic E-state index is 0.0486. The molecule has 15 heavy (non-hydrogen) atoms. The Hall–Kier alpha value is -0.900. The molecule has 2 heterocycles. The van der Waals surface area contributed by atoms with Crippen molar-refractivity contribution >= 4 is 21.8 Å². The van der Waals surface area contributed by atoms with Crippen LogP contribution in [0.2, 0.25) is 0 Å². The van der Waals surface area contributed by atoms with Crippen molar-refractivity contribution in [3.05, 3.63) is 28.5 Å². The number of halogens is 1. The number of likely N-dealkylation sites (tertiary alicyclic amines) is 1. The number of carbonyl (C=O) groups excluding carboxylic acids is 1. The lowest BCUT2D eigenvalue weighted by molar-refractivity contribution is 0.0741. The molecule has 0 aromatic carbocycles. The van der Waals surface area contributed by atoms with Crippen LogP contribution in [-0.2, 0) is 0 Å². The molecule has 1 aromatic rings. The number of nitrogens with zero attached hydrogens (tertiary/aromatic N) is 2. The first-order valence-electron chi connectivity index (χ1n) is 5.11. The highest BCUT2D eigenvalue weighted by Crippen LogP contribution is 2.19. The van der Waals surface area contributed by atoms with Crippen LogP contribution in [0, 0.1) is 0 Å². The molecule has 2 rings (SSSR count). The first-order valence-corrected chi connectivity index (χ1v) is 5.90. The van der Waals surface area contributed by atoms with E-state index in [4.69, 9.17) is 0 Å². The summed E-state index contributed by atoms with van der Waals surface area (Å²) in [6, 6.07) is 3.96. The quantitative estimate of drug-likeness (QED) is 0.784. The Labute approximate surface area is 97.6 Å². The van der Waals surface area contributed by atoms with Crippen LogP contribution in [-0.4, -0.2) is 28.4 Å². The normalized spacial score (nSPS) is 20.7. The molecule has 1 atom stereocenters. The van der Waals surface area contributed by atoms with E-state index < -0.39 is 0 Å². The number of hydrogen-bond donors (Lipinski definition) is 0. The molecule has 0 radical (unpaired) electrons. The number of amides is 1. The molecule has 0 N–H and O–H groups in total. The van der Waals surface area contributed by atoms with Gasteiger partial charge in [-0.15, -0.1) is 0 Å². The number of pyridine rings is 1. The molecule has 1 unspecified atom stereocenters. The first kappa shape index (κ1) is 10.6. The molecule has 0 spiro atoms. The third kappa shape index (κ3) is 2.20. The van der Waals surface area contributed by atoms with Gasteiger partial charge in [0.1, 0.15) is 5.69 Å². The van der Waals surface area contributed by atoms with E-state index in [0.29, 0.717) is 11.7 Å². The maximum atomic E-state index is 12.0. The smallest absolute Gasteiger partial charge is 0.272 e. The van der Waals surface area contributed by atoms with E-state index in [9.17, 15) is 4.79 Å². The molecule has 1 saturated heterocycles. The lowest BCUT2D eigenvalue weighted by Crippen LogP contribution is -2.34. The molecule has 3 nitrogen and oxygen atoms in total. The summed E-state index contributed by atoms with van der Waals surface area (Å²) < 4.78 is 0.897. The molecular weight excluding hydrogens is 256 g/mol. The summed E-state index contributed by atoms with van der Waals surface area (Å²) in [5, 5.41) is 0. The fraction of sp³-hybridized carbons (Fsp3) is 0.455. The second-order valence-electron chi connectivity index (χ2n) is 3.85. The summed E-state index contributed by atoms with van der Waals surface area (Å²) >= 11 is 3.30. The maximum absolute atomic E-state index is 12.0. The van der Waals surface area contributed by atoms with E-state index in [0.717, 1.165) is 23.9 Å². The van der Waals surface area contributed by atoms with Gasteiger partial charge in [-0.2, -0.15) is 0 Å². The third-order valence-corrected chi connectivity index (χ3v) is 3.23. The van der Waals surface area contributed by atoms with E-state index in [1.165, 1.54) is 0 Å². The fourth-order valence-electron chi connectivity index (χ4n) is 1.88. The van der Waals surface area contributed by atoms with Gasteiger partial charge < -0.3 is 4.90 Å². The Morgan fingerprint density at radius 2 is 2.40 bits per heavy atom. The number of aromatic nitrogens is 1. The summed E-state index contributed by atoms with van der Waals surface area (Å²) in [7, 11) is 0. The zero-order valence-corrected chi connectivity index (χ0v) is 10.2. The van der Waals surface area contributed by atoms with Crippen molar-refractivity contribution in [3.63, 3.8) is 0 Å². The predicted octanol–water partition coefficient (Wildman–Crippen LogP) is 2.47. The molecular formula is C11H13BrN2O. The first-order chi connectivity index (χ1) is 7.18. The van der Waals surface area contributed by atoms with Gasteiger partial charge in [-0.05, 0) is 47.8 Å². The van der Waals surface area contributed by atoms with E-state index in [1.807, 2.05) is 11.0 Å². The van der Waals surface area contributed by atoms with Crippen molar-refractivity contribution in [2.45, 2.75) is 25.8 Å². The molecule has 0 bridgehead atoms. The zero-order valence-electron chi connectivity index (χ0n) is 8.61. The second kappa shape index (κ2) is 4.31. The van der Waals surface area contributed by atoms with Crippen LogP contribution in [0.4, 0.5) is 0 Å². The van der Waals surface area contributed by atoms with Crippen molar-refractivity contribution in [2.75, 3.05) is 6.54 Å². The van der Waals surface area contributed by atoms with E-state index in [2.05, 4.69) is 27.8 Å². The van der Waals surface area contributed by atoms with E-state index in [1.54, 1.807) is 12.3 Å². The van der Waals surface area contributed by atoms with Gasteiger partial charge in [-0.25, -0.2) is 4.98 Å². The molecule has 1 aliphatic heterocycles. The number of rotatable bonds is 1. The summed E-state index contributed by atoms with van der Waals surface area (Å²) in [6.07, 6.45) is 3.86. The Kier molecular flexibility index (Phi) is 3.05. The van der Waals surface area contributed by atoms with Crippen molar-refractivity contribution in [1.29, 1.82) is 0 Å². The summed E-state index contributed by atoms with van der Waals surface area (Å²) in [6.45, 7) is 2.95. The molecule has 80 valence electrons. The van der Waals surface area contributed by atoms with Crippen LogP contribution < -0.4 is 0 Å². The van der Waals surface area contributed by atoms with Crippen LogP contribution in [0.3, 0.4) is 0 Å². The molecule has 0 saturated carbocycles. The Balaban J connectivity index is 2.17. The maximum Gasteiger partial charge on any atom is 0.272 e. The second-order valence-corrected chi connectivity index (χ2v) is 4.77. The van der Waals surface area contributed by atoms with Crippen molar-refractivity contribution < 1.29 is 4.79 Å². The van der Waals surface area contributed by atoms with Gasteiger partial charge in [0, 0.05) is 23.3 Å². The third-order valence-electron chi connectivity index (χ3n) is 2.76. The lowest BCUT2D eigenvalue weighted by atomic mass is 10.2. The van der Waals surface area contributed by atoms with Crippen molar-refractivity contribution in [1.82, 2.24) is 9.88 Å². The monoisotopic (exact) mass is 268 g/mol. The molecule has 1 aliphatic rings. The van der Waals surface area contributed by atoms with Gasteiger partial charge in [0.15, 0.2) is 0 Å². The Bertz CT molecular complexity index is 363. The minimum Gasteiger partial charge on any atom is -0.335 e. The van der Waals surface area contributed by atoms with Gasteiger partial charge in [0.2, 0.25) is 0 Å². The van der Waals surface area contributed by atoms with Crippen LogP contribution in [0.25, 0.3) is 0 Å². The topological polar surface area (TPSA) is 33.2 Å². The SMILES string of the molecule is CC1CCCN1C(=O)c1ccc(Br)cn1. The summed E-state index contributed by atoms with van der Waals surface area (Å²) in [4.78, 5) is 18.0. The molecule has 4 heteroatoms. The largest absolute Gasteiger partial charge is 0.335 e. The van der Waals surface area contributed by atoms with E-state index >= 15 is 0 Å². The van der Waals surface area contributed by atoms with E-state index in [-0.39, 0.29) is 5.91 Å². The van der Waals surface area contributed by atoms with Crippen LogP contribution in [0.15, 0.2) is 22.8 Å². The lowest BCUT2D eigenvalue weighted by Gasteiger charge is -2.20. The highest BCUT2D eigenvalue weighted by atomic mass is 79.9. The van der Waals surface area contributed by atoms with Crippen molar-refractivity contribution in [3.8, 4) is 0 Å². The number of hydrogen-bond acceptors (Lipinski definition) is 2. The van der Waals surface area contributed by atoms with Gasteiger partial charge >= 0.3 is 0 Å². The molecule has 1 fully saturated rings. The van der Waals surface area contributed by atoms with Crippen LogP contribution in [0.1, 0.15) is 30.3 Å². The highest BCUT2D eigenvalue weighted by Gasteiger charge is 2.26. The van der Waals surface area contributed by atoms with Gasteiger partial charge in [0.25, 0.3) is 5.91 Å². The fourth-order valence-corrected chi connectivity index (χ4v) is 2.12. The zero-order chi connectivity index (χ0) is 10.8. The molecule has 1 amide bonds. The van der Waals surface area contributed by atoms with Crippen molar-refractivity contribution in [2.24, 2.45) is 0 Å². The Morgan fingerprint density at radius 1 is 1.60 bits per heavy atom. The van der Waals surface area contributed by atoms with Crippen LogP contribution in [0.5, 0.6) is 0 Å². The Morgan fingerprint density at radius 3 is 2.93 bits per heavy atom. The molecule has 0 aliphatic carbocycles. The minimum absolute atomic E-state index is 0.0486. The summed E-state index contributed by atoms with van der Waals surface area (Å²) in [5.41, 5.74) is 0.534. The number of carbonyl (C=O) groups is 1. The summed E-state index contributed by atoms with van der Waals surface area (Å²) in [5.74, 6) is 0.0486. The average Bonchev–Trinajstić information content (AvgIpc) is 2.65. The predicted molar refractivity (Wildman–Crippen MR) is 61.7 cm³/mol. The average molecular weight is 269 g/mol. The highest BCUT2D eigenvalue weighted by molar-refractivity contribution is 9.10. The van der Waals surface area contributed by atoms with Gasteiger partial charge in [-0.1, -0.05) is 0 Å². The molecule has 1 aromatic heterocycles.